The predicted molar refractivity (Wildman–Crippen MR) is 86.1 cm³/mol. The molecule has 2 nitrogen and oxygen atoms in total. The van der Waals surface area contributed by atoms with Gasteiger partial charge in [0.05, 0.1) is 0 Å². The molecule has 1 aromatic carbocycles. The number of unbranched alkanes of at least 4 members (excludes halogenated alkanes) is 3. The third kappa shape index (κ3) is 6.35. The smallest absolute Gasteiger partial charge is 0.120 e. The summed E-state index contributed by atoms with van der Waals surface area (Å²) in [7, 11) is 0. The Morgan fingerprint density at radius 1 is 1.21 bits per heavy atom. The minimum absolute atomic E-state index is 0.214. The maximum absolute atomic E-state index is 9.86. The van der Waals surface area contributed by atoms with E-state index in [-0.39, 0.29) is 6.04 Å². The molecule has 0 aromatic heterocycles. The predicted octanol–water partition coefficient (Wildman–Crippen LogP) is 4.27. The molecule has 0 spiro atoms. The van der Waals surface area contributed by atoms with Gasteiger partial charge in [0.1, 0.15) is 5.75 Å². The average Bonchev–Trinajstić information content (AvgIpc) is 2.40. The summed E-state index contributed by atoms with van der Waals surface area (Å²) in [4.78, 5) is 0. The van der Waals surface area contributed by atoms with E-state index in [1.807, 2.05) is 17.8 Å². The molecule has 0 heterocycles. The van der Waals surface area contributed by atoms with Crippen molar-refractivity contribution < 1.29 is 5.11 Å². The summed E-state index contributed by atoms with van der Waals surface area (Å²) < 4.78 is 0. The molecule has 1 unspecified atom stereocenters. The van der Waals surface area contributed by atoms with Gasteiger partial charge in [0.15, 0.2) is 0 Å². The summed E-state index contributed by atoms with van der Waals surface area (Å²) in [6.45, 7) is 5.19. The van der Waals surface area contributed by atoms with Gasteiger partial charge in [0, 0.05) is 11.6 Å². The Hall–Kier alpha value is -0.670. The maximum Gasteiger partial charge on any atom is 0.120 e. The molecule has 2 N–H and O–H groups in total. The summed E-state index contributed by atoms with van der Waals surface area (Å²) >= 11 is 1.93. The second kappa shape index (κ2) is 9.27. The van der Waals surface area contributed by atoms with Crippen molar-refractivity contribution in [3.05, 3.63) is 29.3 Å². The highest BCUT2D eigenvalue weighted by Gasteiger charge is 2.09. The SMILES string of the molecule is CSCCCCCCNC(C)c1cc(C)ccc1O. The largest absolute Gasteiger partial charge is 0.508 e. The first-order valence-electron chi connectivity index (χ1n) is 7.17. The van der Waals surface area contributed by atoms with Crippen LogP contribution in [0.2, 0.25) is 0 Å². The van der Waals surface area contributed by atoms with Gasteiger partial charge in [-0.25, -0.2) is 0 Å². The molecule has 19 heavy (non-hydrogen) atoms. The fourth-order valence-corrected chi connectivity index (χ4v) is 2.67. The number of rotatable bonds is 9. The molecular formula is C16H27NOS. The van der Waals surface area contributed by atoms with Crippen molar-refractivity contribution in [2.45, 2.75) is 45.6 Å². The number of thioether (sulfide) groups is 1. The number of nitrogens with one attached hydrogen (secondary N) is 1. The molecule has 1 rings (SSSR count). The van der Waals surface area contributed by atoms with Crippen molar-refractivity contribution in [2.24, 2.45) is 0 Å². The molecule has 0 aliphatic rings. The molecule has 0 fully saturated rings. The number of hydrogen-bond acceptors (Lipinski definition) is 3. The van der Waals surface area contributed by atoms with E-state index < -0.39 is 0 Å². The van der Waals surface area contributed by atoms with Crippen LogP contribution in [0.3, 0.4) is 0 Å². The van der Waals surface area contributed by atoms with Crippen molar-refractivity contribution in [2.75, 3.05) is 18.6 Å². The van der Waals surface area contributed by atoms with Gasteiger partial charge < -0.3 is 10.4 Å². The molecular weight excluding hydrogens is 254 g/mol. The lowest BCUT2D eigenvalue weighted by Crippen LogP contribution is -2.20. The van der Waals surface area contributed by atoms with Crippen LogP contribution < -0.4 is 5.32 Å². The molecule has 108 valence electrons. The minimum Gasteiger partial charge on any atom is -0.508 e. The van der Waals surface area contributed by atoms with E-state index in [0.717, 1.165) is 12.1 Å². The van der Waals surface area contributed by atoms with Crippen LogP contribution in [0.4, 0.5) is 0 Å². The minimum atomic E-state index is 0.214. The summed E-state index contributed by atoms with van der Waals surface area (Å²) in [5, 5.41) is 13.4. The lowest BCUT2D eigenvalue weighted by Gasteiger charge is -2.16. The Bertz CT molecular complexity index is 368. The van der Waals surface area contributed by atoms with Crippen LogP contribution in [0.5, 0.6) is 5.75 Å². The van der Waals surface area contributed by atoms with Crippen LogP contribution >= 0.6 is 11.8 Å². The number of benzene rings is 1. The zero-order valence-electron chi connectivity index (χ0n) is 12.4. The zero-order valence-corrected chi connectivity index (χ0v) is 13.2. The average molecular weight is 281 g/mol. The van der Waals surface area contributed by atoms with Crippen LogP contribution in [-0.4, -0.2) is 23.7 Å². The van der Waals surface area contributed by atoms with Crippen molar-refractivity contribution in [3.8, 4) is 5.75 Å². The van der Waals surface area contributed by atoms with Crippen molar-refractivity contribution >= 4 is 11.8 Å². The lowest BCUT2D eigenvalue weighted by molar-refractivity contribution is 0.450. The van der Waals surface area contributed by atoms with Gasteiger partial charge in [-0.15, -0.1) is 0 Å². The van der Waals surface area contributed by atoms with Crippen LogP contribution in [0, 0.1) is 6.92 Å². The van der Waals surface area contributed by atoms with E-state index in [1.54, 1.807) is 6.07 Å². The Kier molecular flexibility index (Phi) is 7.99. The first-order valence-corrected chi connectivity index (χ1v) is 8.56. The maximum atomic E-state index is 9.86. The highest BCUT2D eigenvalue weighted by molar-refractivity contribution is 7.98. The normalized spacial score (nSPS) is 12.6. The molecule has 1 aromatic rings. The highest BCUT2D eigenvalue weighted by atomic mass is 32.2. The highest BCUT2D eigenvalue weighted by Crippen LogP contribution is 2.24. The van der Waals surface area contributed by atoms with E-state index in [2.05, 4.69) is 31.5 Å². The van der Waals surface area contributed by atoms with Crippen LogP contribution in [-0.2, 0) is 0 Å². The quantitative estimate of drug-likeness (QED) is 0.663. The molecule has 0 bridgehead atoms. The Labute approximate surface area is 122 Å². The molecule has 3 heteroatoms. The van der Waals surface area contributed by atoms with Gasteiger partial charge in [0.25, 0.3) is 0 Å². The van der Waals surface area contributed by atoms with E-state index in [0.29, 0.717) is 5.75 Å². The van der Waals surface area contributed by atoms with Crippen LogP contribution in [0.15, 0.2) is 18.2 Å². The fourth-order valence-electron chi connectivity index (χ4n) is 2.17. The van der Waals surface area contributed by atoms with Crippen LogP contribution in [0.25, 0.3) is 0 Å². The van der Waals surface area contributed by atoms with Gasteiger partial charge in [0.2, 0.25) is 0 Å². The molecule has 0 saturated heterocycles. The third-order valence-electron chi connectivity index (χ3n) is 3.38. The number of aryl methyl sites for hydroxylation is 1. The lowest BCUT2D eigenvalue weighted by atomic mass is 10.0. The molecule has 1 atom stereocenters. The van der Waals surface area contributed by atoms with Gasteiger partial charge in [-0.2, -0.15) is 11.8 Å². The molecule has 0 aliphatic heterocycles. The van der Waals surface area contributed by atoms with Gasteiger partial charge >= 0.3 is 0 Å². The van der Waals surface area contributed by atoms with Crippen LogP contribution in [0.1, 0.15) is 49.8 Å². The second-order valence-corrected chi connectivity index (χ2v) is 6.13. The molecule has 0 aliphatic carbocycles. The first kappa shape index (κ1) is 16.4. The van der Waals surface area contributed by atoms with Crippen molar-refractivity contribution in [1.82, 2.24) is 5.32 Å². The molecule has 0 amide bonds. The summed E-state index contributed by atoms with van der Waals surface area (Å²) in [5.41, 5.74) is 2.20. The van der Waals surface area contributed by atoms with E-state index in [9.17, 15) is 5.11 Å². The zero-order chi connectivity index (χ0) is 14.1. The molecule has 0 saturated carbocycles. The van der Waals surface area contributed by atoms with Crippen molar-refractivity contribution in [3.63, 3.8) is 0 Å². The number of hydrogen-bond donors (Lipinski definition) is 2. The van der Waals surface area contributed by atoms with Gasteiger partial charge in [-0.1, -0.05) is 30.5 Å². The third-order valence-corrected chi connectivity index (χ3v) is 4.07. The summed E-state index contributed by atoms with van der Waals surface area (Å²) in [6, 6.07) is 6.00. The number of phenolic OH excluding ortho intramolecular Hbond substituents is 1. The summed E-state index contributed by atoms with van der Waals surface area (Å²) in [6.07, 6.45) is 7.32. The Balaban J connectivity index is 2.23. The van der Waals surface area contributed by atoms with Gasteiger partial charge in [-0.05, 0) is 51.3 Å². The Morgan fingerprint density at radius 2 is 1.95 bits per heavy atom. The first-order chi connectivity index (χ1) is 9.15. The second-order valence-electron chi connectivity index (χ2n) is 5.15. The van der Waals surface area contributed by atoms with E-state index >= 15 is 0 Å². The fraction of sp³-hybridized carbons (Fsp3) is 0.625. The van der Waals surface area contributed by atoms with E-state index in [4.69, 9.17) is 0 Å². The standard InChI is InChI=1S/C16H27NOS/c1-13-8-9-16(18)15(12-13)14(2)17-10-6-4-5-7-11-19-3/h8-9,12,14,17-18H,4-7,10-11H2,1-3H3. The Morgan fingerprint density at radius 3 is 2.68 bits per heavy atom. The van der Waals surface area contributed by atoms with Gasteiger partial charge in [-0.3, -0.25) is 0 Å². The summed E-state index contributed by atoms with van der Waals surface area (Å²) in [5.74, 6) is 1.67. The molecule has 0 radical (unpaired) electrons. The monoisotopic (exact) mass is 281 g/mol. The van der Waals surface area contributed by atoms with E-state index in [1.165, 1.54) is 37.0 Å². The number of aromatic hydroxyl groups is 1. The number of phenols is 1. The van der Waals surface area contributed by atoms with Crippen molar-refractivity contribution in [1.29, 1.82) is 0 Å². The topological polar surface area (TPSA) is 32.3 Å².